The van der Waals surface area contributed by atoms with E-state index in [4.69, 9.17) is 4.74 Å². The van der Waals surface area contributed by atoms with Crippen molar-refractivity contribution in [2.24, 2.45) is 5.92 Å². The average molecular weight is 279 g/mol. The first-order chi connectivity index (χ1) is 9.72. The molecular formula is C14H25N5O. The van der Waals surface area contributed by atoms with Gasteiger partial charge in [-0.3, -0.25) is 0 Å². The summed E-state index contributed by atoms with van der Waals surface area (Å²) in [5, 5.41) is 3.11. The van der Waals surface area contributed by atoms with E-state index in [1.54, 1.807) is 7.11 Å². The van der Waals surface area contributed by atoms with E-state index in [1.807, 2.05) is 14.0 Å². The standard InChI is InChI=1S/C14H25N5O/c1-4-15-12-16-13(18-14(17-12)20-3)19(2)10-11-8-6-5-7-9-11/h11H,4-10H2,1-3H3,(H,15,16,17,18). The van der Waals surface area contributed by atoms with Gasteiger partial charge < -0.3 is 15.0 Å². The summed E-state index contributed by atoms with van der Waals surface area (Å²) in [6.45, 7) is 3.79. The minimum atomic E-state index is 0.362. The van der Waals surface area contributed by atoms with Gasteiger partial charge in [0, 0.05) is 20.1 Å². The van der Waals surface area contributed by atoms with Crippen molar-refractivity contribution in [2.75, 3.05) is 37.5 Å². The van der Waals surface area contributed by atoms with E-state index >= 15 is 0 Å². The lowest BCUT2D eigenvalue weighted by atomic mass is 9.89. The van der Waals surface area contributed by atoms with Crippen molar-refractivity contribution in [2.45, 2.75) is 39.0 Å². The van der Waals surface area contributed by atoms with Crippen LogP contribution < -0.4 is 15.0 Å². The van der Waals surface area contributed by atoms with Gasteiger partial charge in [0.15, 0.2) is 0 Å². The Morgan fingerprint density at radius 1 is 1.20 bits per heavy atom. The maximum absolute atomic E-state index is 5.15. The van der Waals surface area contributed by atoms with Gasteiger partial charge in [0.25, 0.3) is 0 Å². The molecule has 6 heteroatoms. The van der Waals surface area contributed by atoms with Crippen LogP contribution in [0.15, 0.2) is 0 Å². The number of aromatic nitrogens is 3. The molecule has 1 heterocycles. The molecule has 20 heavy (non-hydrogen) atoms. The summed E-state index contributed by atoms with van der Waals surface area (Å²) in [6.07, 6.45) is 6.70. The molecule has 0 amide bonds. The van der Waals surface area contributed by atoms with Crippen molar-refractivity contribution in [3.05, 3.63) is 0 Å². The number of hydrogen-bond donors (Lipinski definition) is 1. The number of methoxy groups -OCH3 is 1. The molecule has 0 spiro atoms. The van der Waals surface area contributed by atoms with Gasteiger partial charge in [0.2, 0.25) is 11.9 Å². The third kappa shape index (κ3) is 3.95. The molecule has 0 aromatic carbocycles. The smallest absolute Gasteiger partial charge is 0.322 e. The van der Waals surface area contributed by atoms with Gasteiger partial charge >= 0.3 is 6.01 Å². The molecule has 0 radical (unpaired) electrons. The van der Waals surface area contributed by atoms with Gasteiger partial charge in [-0.25, -0.2) is 0 Å². The fraction of sp³-hybridized carbons (Fsp3) is 0.786. The summed E-state index contributed by atoms with van der Waals surface area (Å²) < 4.78 is 5.15. The van der Waals surface area contributed by atoms with Gasteiger partial charge in [-0.05, 0) is 25.7 Å². The summed E-state index contributed by atoms with van der Waals surface area (Å²) in [5.41, 5.74) is 0. The molecule has 2 rings (SSSR count). The Hall–Kier alpha value is -1.59. The van der Waals surface area contributed by atoms with Crippen LogP contribution in [0.5, 0.6) is 6.01 Å². The van der Waals surface area contributed by atoms with Crippen LogP contribution in [-0.2, 0) is 0 Å². The summed E-state index contributed by atoms with van der Waals surface area (Å²) in [4.78, 5) is 15.1. The topological polar surface area (TPSA) is 63.2 Å². The number of nitrogens with one attached hydrogen (secondary N) is 1. The molecule has 1 fully saturated rings. The molecule has 0 unspecified atom stereocenters. The lowest BCUT2D eigenvalue weighted by molar-refractivity contribution is 0.358. The van der Waals surface area contributed by atoms with Crippen LogP contribution in [0.1, 0.15) is 39.0 Å². The van der Waals surface area contributed by atoms with Crippen molar-refractivity contribution >= 4 is 11.9 Å². The first-order valence-corrected chi connectivity index (χ1v) is 7.48. The monoisotopic (exact) mass is 279 g/mol. The van der Waals surface area contributed by atoms with E-state index in [0.29, 0.717) is 17.9 Å². The van der Waals surface area contributed by atoms with E-state index in [0.717, 1.165) is 19.0 Å². The first-order valence-electron chi connectivity index (χ1n) is 7.48. The second kappa shape index (κ2) is 7.26. The third-order valence-electron chi connectivity index (χ3n) is 3.72. The first kappa shape index (κ1) is 14.8. The minimum Gasteiger partial charge on any atom is -0.467 e. The largest absolute Gasteiger partial charge is 0.467 e. The maximum Gasteiger partial charge on any atom is 0.322 e. The highest BCUT2D eigenvalue weighted by Gasteiger charge is 2.18. The molecule has 6 nitrogen and oxygen atoms in total. The number of anilines is 2. The Morgan fingerprint density at radius 3 is 2.60 bits per heavy atom. The molecule has 1 aliphatic carbocycles. The summed E-state index contributed by atoms with van der Waals surface area (Å²) in [5.74, 6) is 2.00. The van der Waals surface area contributed by atoms with Gasteiger partial charge in [-0.1, -0.05) is 19.3 Å². The number of rotatable bonds is 6. The second-order valence-corrected chi connectivity index (χ2v) is 5.36. The highest BCUT2D eigenvalue weighted by atomic mass is 16.5. The Morgan fingerprint density at radius 2 is 1.95 bits per heavy atom. The van der Waals surface area contributed by atoms with Crippen molar-refractivity contribution in [3.8, 4) is 6.01 Å². The van der Waals surface area contributed by atoms with Gasteiger partial charge in [-0.2, -0.15) is 15.0 Å². The Balaban J connectivity index is 2.06. The van der Waals surface area contributed by atoms with Crippen molar-refractivity contribution < 1.29 is 4.74 Å². The Labute approximate surface area is 121 Å². The Bertz CT molecular complexity index is 420. The van der Waals surface area contributed by atoms with Crippen LogP contribution in [0, 0.1) is 5.92 Å². The molecule has 0 bridgehead atoms. The van der Waals surface area contributed by atoms with Crippen LogP contribution >= 0.6 is 0 Å². The molecule has 1 aromatic heterocycles. The van der Waals surface area contributed by atoms with Crippen LogP contribution in [0.25, 0.3) is 0 Å². The highest BCUT2D eigenvalue weighted by Crippen LogP contribution is 2.25. The fourth-order valence-electron chi connectivity index (χ4n) is 2.68. The molecule has 0 atom stereocenters. The number of hydrogen-bond acceptors (Lipinski definition) is 6. The van der Waals surface area contributed by atoms with E-state index in [2.05, 4.69) is 25.2 Å². The molecule has 1 N–H and O–H groups in total. The second-order valence-electron chi connectivity index (χ2n) is 5.36. The predicted octanol–water partition coefficient (Wildman–Crippen LogP) is 2.33. The highest BCUT2D eigenvalue weighted by molar-refractivity contribution is 5.37. The summed E-state index contributed by atoms with van der Waals surface area (Å²) >= 11 is 0. The molecule has 0 saturated heterocycles. The molecule has 112 valence electrons. The maximum atomic E-state index is 5.15. The van der Waals surface area contributed by atoms with Crippen molar-refractivity contribution in [1.82, 2.24) is 15.0 Å². The Kier molecular flexibility index (Phi) is 5.38. The zero-order valence-corrected chi connectivity index (χ0v) is 12.7. The van der Waals surface area contributed by atoms with Gasteiger partial charge in [-0.15, -0.1) is 0 Å². The van der Waals surface area contributed by atoms with Gasteiger partial charge in [0.1, 0.15) is 0 Å². The molecule has 1 aliphatic rings. The van der Waals surface area contributed by atoms with Crippen molar-refractivity contribution in [1.29, 1.82) is 0 Å². The minimum absolute atomic E-state index is 0.362. The normalized spacial score (nSPS) is 15.9. The molecule has 1 aromatic rings. The SMILES string of the molecule is CCNc1nc(OC)nc(N(C)CC2CCCCC2)n1. The molecule has 1 saturated carbocycles. The van der Waals surface area contributed by atoms with E-state index in [-0.39, 0.29) is 0 Å². The van der Waals surface area contributed by atoms with Crippen LogP contribution in [0.3, 0.4) is 0 Å². The van der Waals surface area contributed by atoms with E-state index in [9.17, 15) is 0 Å². The lowest BCUT2D eigenvalue weighted by Crippen LogP contribution is -2.28. The van der Waals surface area contributed by atoms with Crippen LogP contribution in [0.2, 0.25) is 0 Å². The van der Waals surface area contributed by atoms with E-state index < -0.39 is 0 Å². The zero-order chi connectivity index (χ0) is 14.4. The summed E-state index contributed by atoms with van der Waals surface area (Å²) in [6, 6.07) is 0.362. The quantitative estimate of drug-likeness (QED) is 0.862. The van der Waals surface area contributed by atoms with Crippen LogP contribution in [-0.4, -0.2) is 42.2 Å². The third-order valence-corrected chi connectivity index (χ3v) is 3.72. The van der Waals surface area contributed by atoms with E-state index in [1.165, 1.54) is 32.1 Å². The zero-order valence-electron chi connectivity index (χ0n) is 12.7. The molecule has 0 aliphatic heterocycles. The number of nitrogens with zero attached hydrogens (tertiary/aromatic N) is 4. The average Bonchev–Trinajstić information content (AvgIpc) is 2.48. The lowest BCUT2D eigenvalue weighted by Gasteiger charge is -2.27. The predicted molar refractivity (Wildman–Crippen MR) is 80.4 cm³/mol. The molecular weight excluding hydrogens is 254 g/mol. The fourth-order valence-corrected chi connectivity index (χ4v) is 2.68. The summed E-state index contributed by atoms with van der Waals surface area (Å²) in [7, 11) is 3.62. The van der Waals surface area contributed by atoms with Crippen molar-refractivity contribution in [3.63, 3.8) is 0 Å². The van der Waals surface area contributed by atoms with Gasteiger partial charge in [0.05, 0.1) is 7.11 Å². The van der Waals surface area contributed by atoms with Crippen LogP contribution in [0.4, 0.5) is 11.9 Å². The number of ether oxygens (including phenoxy) is 1.